The van der Waals surface area contributed by atoms with Crippen molar-refractivity contribution in [3.8, 4) is 0 Å². The zero-order chi connectivity index (χ0) is 13.0. The molecule has 1 saturated carbocycles. The number of carbonyl (C=O) groups is 2. The third-order valence-electron chi connectivity index (χ3n) is 2.79. The Hall–Kier alpha value is -0.910. The molecule has 2 atom stereocenters. The molecule has 0 aliphatic heterocycles. The second kappa shape index (κ2) is 6.14. The van der Waals surface area contributed by atoms with Crippen molar-refractivity contribution < 1.29 is 18.9 Å². The van der Waals surface area contributed by atoms with E-state index in [0.29, 0.717) is 12.6 Å². The standard InChI is InChI=1S/C11H19NO4S/c1-3-12(9-4-5-9)10(13)7-17(16)6-8(2)11(14)15/h8-9H,3-7H2,1-2H3,(H,14,15). The molecule has 1 aliphatic rings. The minimum atomic E-state index is -1.38. The Bertz CT molecular complexity index is 327. The van der Waals surface area contributed by atoms with Gasteiger partial charge < -0.3 is 10.0 Å². The zero-order valence-corrected chi connectivity index (χ0v) is 11.0. The van der Waals surface area contributed by atoms with Crippen LogP contribution in [0.25, 0.3) is 0 Å². The summed E-state index contributed by atoms with van der Waals surface area (Å²) in [6, 6.07) is 0.321. The van der Waals surface area contributed by atoms with Gasteiger partial charge in [-0.2, -0.15) is 0 Å². The van der Waals surface area contributed by atoms with Crippen LogP contribution in [0.1, 0.15) is 26.7 Å². The number of carboxylic acids is 1. The molecule has 0 aromatic rings. The third-order valence-corrected chi connectivity index (χ3v) is 4.23. The molecule has 0 aromatic heterocycles. The minimum Gasteiger partial charge on any atom is -0.481 e. The molecule has 5 nitrogen and oxygen atoms in total. The van der Waals surface area contributed by atoms with Crippen molar-refractivity contribution in [1.82, 2.24) is 4.90 Å². The number of carbonyl (C=O) groups excluding carboxylic acids is 1. The molecule has 1 aliphatic carbocycles. The lowest BCUT2D eigenvalue weighted by molar-refractivity contribution is -0.140. The highest BCUT2D eigenvalue weighted by Crippen LogP contribution is 2.26. The molecule has 0 heterocycles. The lowest BCUT2D eigenvalue weighted by Crippen LogP contribution is -2.37. The van der Waals surface area contributed by atoms with Crippen LogP contribution in [-0.2, 0) is 20.4 Å². The summed E-state index contributed by atoms with van der Waals surface area (Å²) in [5.74, 6) is -1.77. The molecule has 6 heteroatoms. The van der Waals surface area contributed by atoms with E-state index in [1.54, 1.807) is 4.90 Å². The van der Waals surface area contributed by atoms with Gasteiger partial charge in [-0.05, 0) is 19.8 Å². The van der Waals surface area contributed by atoms with Crippen molar-refractivity contribution in [3.63, 3.8) is 0 Å². The highest BCUT2D eigenvalue weighted by Gasteiger charge is 2.32. The van der Waals surface area contributed by atoms with Gasteiger partial charge in [0.15, 0.2) is 0 Å². The van der Waals surface area contributed by atoms with Crippen LogP contribution >= 0.6 is 0 Å². The fraction of sp³-hybridized carbons (Fsp3) is 0.818. The average molecular weight is 261 g/mol. The van der Waals surface area contributed by atoms with E-state index in [1.807, 2.05) is 6.92 Å². The van der Waals surface area contributed by atoms with Crippen molar-refractivity contribution >= 4 is 22.7 Å². The zero-order valence-electron chi connectivity index (χ0n) is 10.2. The molecule has 1 amide bonds. The van der Waals surface area contributed by atoms with Crippen LogP contribution in [0.15, 0.2) is 0 Å². The predicted molar refractivity (Wildman–Crippen MR) is 65.1 cm³/mol. The van der Waals surface area contributed by atoms with E-state index in [4.69, 9.17) is 5.11 Å². The summed E-state index contributed by atoms with van der Waals surface area (Å²) in [6.07, 6.45) is 2.05. The first-order valence-corrected chi connectivity index (χ1v) is 7.31. The van der Waals surface area contributed by atoms with Gasteiger partial charge in [-0.15, -0.1) is 0 Å². The van der Waals surface area contributed by atoms with Gasteiger partial charge in [0.2, 0.25) is 5.91 Å². The number of rotatable bonds is 7. The predicted octanol–water partition coefficient (Wildman–Crippen LogP) is 0.467. The van der Waals surface area contributed by atoms with Crippen molar-refractivity contribution in [2.75, 3.05) is 18.1 Å². The van der Waals surface area contributed by atoms with Crippen molar-refractivity contribution in [3.05, 3.63) is 0 Å². The molecular weight excluding hydrogens is 242 g/mol. The summed E-state index contributed by atoms with van der Waals surface area (Å²) in [7, 11) is -1.38. The lowest BCUT2D eigenvalue weighted by atomic mass is 10.2. The number of aliphatic carboxylic acids is 1. The van der Waals surface area contributed by atoms with Crippen LogP contribution in [0.3, 0.4) is 0 Å². The molecule has 0 radical (unpaired) electrons. The second-order valence-electron chi connectivity index (χ2n) is 4.40. The van der Waals surface area contributed by atoms with Crippen LogP contribution in [0.5, 0.6) is 0 Å². The monoisotopic (exact) mass is 261 g/mol. The van der Waals surface area contributed by atoms with E-state index in [0.717, 1.165) is 12.8 Å². The smallest absolute Gasteiger partial charge is 0.307 e. The molecule has 0 saturated heterocycles. The topological polar surface area (TPSA) is 74.7 Å². The highest BCUT2D eigenvalue weighted by atomic mass is 32.2. The quantitative estimate of drug-likeness (QED) is 0.722. The summed E-state index contributed by atoms with van der Waals surface area (Å²) < 4.78 is 11.6. The Morgan fingerprint density at radius 1 is 1.47 bits per heavy atom. The van der Waals surface area contributed by atoms with Crippen LogP contribution in [0, 0.1) is 5.92 Å². The second-order valence-corrected chi connectivity index (χ2v) is 5.90. The number of carboxylic acid groups (broad SMARTS) is 1. The van der Waals surface area contributed by atoms with Crippen molar-refractivity contribution in [2.45, 2.75) is 32.7 Å². The van der Waals surface area contributed by atoms with Crippen molar-refractivity contribution in [1.29, 1.82) is 0 Å². The maximum absolute atomic E-state index is 11.8. The summed E-state index contributed by atoms with van der Waals surface area (Å²) in [5, 5.41) is 8.69. The molecule has 2 unspecified atom stereocenters. The molecule has 1 fully saturated rings. The van der Waals surface area contributed by atoms with Gasteiger partial charge in [-0.1, -0.05) is 6.92 Å². The highest BCUT2D eigenvalue weighted by molar-refractivity contribution is 7.85. The van der Waals surface area contributed by atoms with Gasteiger partial charge in [0.1, 0.15) is 5.75 Å². The maximum Gasteiger partial charge on any atom is 0.307 e. The lowest BCUT2D eigenvalue weighted by Gasteiger charge is -2.20. The average Bonchev–Trinajstić information content (AvgIpc) is 3.02. The van der Waals surface area contributed by atoms with Gasteiger partial charge in [-0.3, -0.25) is 13.8 Å². The number of amides is 1. The van der Waals surface area contributed by atoms with Gasteiger partial charge in [-0.25, -0.2) is 0 Å². The van der Waals surface area contributed by atoms with E-state index >= 15 is 0 Å². The first kappa shape index (κ1) is 14.2. The van der Waals surface area contributed by atoms with E-state index < -0.39 is 22.7 Å². The first-order valence-electron chi connectivity index (χ1n) is 5.83. The summed E-state index contributed by atoms with van der Waals surface area (Å²) in [4.78, 5) is 24.1. The van der Waals surface area contributed by atoms with Gasteiger partial charge in [0, 0.05) is 29.1 Å². The molecule has 17 heavy (non-hydrogen) atoms. The van der Waals surface area contributed by atoms with Crippen LogP contribution in [0.4, 0.5) is 0 Å². The van der Waals surface area contributed by atoms with E-state index in [-0.39, 0.29) is 17.4 Å². The summed E-state index contributed by atoms with van der Waals surface area (Å²) in [5.41, 5.74) is 0. The van der Waals surface area contributed by atoms with Gasteiger partial charge in [0.25, 0.3) is 0 Å². The van der Waals surface area contributed by atoms with Crippen LogP contribution < -0.4 is 0 Å². The fourth-order valence-corrected chi connectivity index (χ4v) is 2.91. The Kier molecular flexibility index (Phi) is 5.11. The van der Waals surface area contributed by atoms with Crippen LogP contribution in [-0.4, -0.2) is 50.2 Å². The largest absolute Gasteiger partial charge is 0.481 e. The number of nitrogens with zero attached hydrogens (tertiary/aromatic N) is 1. The third kappa shape index (κ3) is 4.46. The number of hydrogen-bond donors (Lipinski definition) is 1. The van der Waals surface area contributed by atoms with Crippen LogP contribution in [0.2, 0.25) is 0 Å². The summed E-state index contributed by atoms with van der Waals surface area (Å²) in [6.45, 7) is 4.04. The normalized spacial score (nSPS) is 18.5. The molecule has 98 valence electrons. The Labute approximate surface area is 104 Å². The van der Waals surface area contributed by atoms with E-state index in [9.17, 15) is 13.8 Å². The van der Waals surface area contributed by atoms with E-state index in [1.165, 1.54) is 6.92 Å². The Balaban J connectivity index is 2.39. The molecule has 1 N–H and O–H groups in total. The molecule has 0 aromatic carbocycles. The van der Waals surface area contributed by atoms with Gasteiger partial charge in [0.05, 0.1) is 5.92 Å². The Morgan fingerprint density at radius 2 is 2.06 bits per heavy atom. The van der Waals surface area contributed by atoms with E-state index in [2.05, 4.69) is 0 Å². The summed E-state index contributed by atoms with van der Waals surface area (Å²) >= 11 is 0. The Morgan fingerprint density at radius 3 is 2.47 bits per heavy atom. The van der Waals surface area contributed by atoms with Crippen molar-refractivity contribution in [2.24, 2.45) is 5.92 Å². The number of hydrogen-bond acceptors (Lipinski definition) is 3. The first-order chi connectivity index (χ1) is 7.95. The minimum absolute atomic E-state index is 0.0449. The molecular formula is C11H19NO4S. The molecule has 0 bridgehead atoms. The van der Waals surface area contributed by atoms with Gasteiger partial charge >= 0.3 is 5.97 Å². The SMILES string of the molecule is CCN(C(=O)CS(=O)CC(C)C(=O)O)C1CC1. The molecule has 0 spiro atoms. The fourth-order valence-electron chi connectivity index (χ4n) is 1.65. The maximum atomic E-state index is 11.8. The molecule has 1 rings (SSSR count).